The first-order valence-electron chi connectivity index (χ1n) is 6.88. The molecule has 3 heterocycles. The molecule has 6 nitrogen and oxygen atoms in total. The van der Waals surface area contributed by atoms with E-state index < -0.39 is 0 Å². The Morgan fingerprint density at radius 2 is 2.05 bits per heavy atom. The summed E-state index contributed by atoms with van der Waals surface area (Å²) < 4.78 is 6.90. The van der Waals surface area contributed by atoms with Crippen LogP contribution in [0.5, 0.6) is 0 Å². The third kappa shape index (κ3) is 2.23. The van der Waals surface area contributed by atoms with Gasteiger partial charge in [-0.1, -0.05) is 29.1 Å². The van der Waals surface area contributed by atoms with Gasteiger partial charge in [-0.2, -0.15) is 4.52 Å². The van der Waals surface area contributed by atoms with Crippen LogP contribution in [-0.2, 0) is 5.75 Å². The summed E-state index contributed by atoms with van der Waals surface area (Å²) in [5.74, 6) is 2.22. The molecule has 0 atom stereocenters. The summed E-state index contributed by atoms with van der Waals surface area (Å²) in [4.78, 5) is 9.23. The zero-order valence-corrected chi connectivity index (χ0v) is 13.0. The average Bonchev–Trinajstić information content (AvgIpc) is 3.10. The van der Waals surface area contributed by atoms with Gasteiger partial charge in [-0.3, -0.25) is 0 Å². The van der Waals surface area contributed by atoms with E-state index in [1.165, 1.54) is 0 Å². The highest BCUT2D eigenvalue weighted by Crippen LogP contribution is 2.26. The third-order valence-corrected chi connectivity index (χ3v) is 4.24. The molecule has 0 aliphatic carbocycles. The molecule has 4 aromatic rings. The van der Waals surface area contributed by atoms with Crippen LogP contribution in [0.1, 0.15) is 17.3 Å². The number of rotatable bonds is 3. The van der Waals surface area contributed by atoms with Crippen LogP contribution in [0.25, 0.3) is 16.6 Å². The van der Waals surface area contributed by atoms with Crippen molar-refractivity contribution >= 4 is 28.3 Å². The Morgan fingerprint density at radius 1 is 1.18 bits per heavy atom. The van der Waals surface area contributed by atoms with E-state index in [1.807, 2.05) is 44.2 Å². The van der Waals surface area contributed by atoms with Gasteiger partial charge in [0.15, 0.2) is 10.8 Å². The number of aryl methyl sites for hydroxylation is 2. The highest BCUT2D eigenvalue weighted by atomic mass is 32.2. The van der Waals surface area contributed by atoms with Crippen LogP contribution in [0.4, 0.5) is 0 Å². The third-order valence-electron chi connectivity index (χ3n) is 3.28. The van der Waals surface area contributed by atoms with Crippen molar-refractivity contribution in [3.8, 4) is 0 Å². The van der Waals surface area contributed by atoms with Crippen molar-refractivity contribution in [2.45, 2.75) is 24.8 Å². The fourth-order valence-electron chi connectivity index (χ4n) is 2.35. The molecule has 3 aromatic heterocycles. The summed E-state index contributed by atoms with van der Waals surface area (Å²) in [5, 5.41) is 10.3. The number of para-hydroxylation sites is 1. The molecule has 0 amide bonds. The number of fused-ring (bicyclic) bond motifs is 3. The lowest BCUT2D eigenvalue weighted by Crippen LogP contribution is -1.98. The van der Waals surface area contributed by atoms with Crippen molar-refractivity contribution in [2.75, 3.05) is 0 Å². The quantitative estimate of drug-likeness (QED) is 0.427. The molecule has 0 bridgehead atoms. The van der Waals surface area contributed by atoms with E-state index in [0.717, 1.165) is 39.0 Å². The SMILES string of the molecule is Cc1nc2c3ccccc3nc(SCc3cc(C)on3)n2n1. The van der Waals surface area contributed by atoms with Crippen molar-refractivity contribution < 1.29 is 4.52 Å². The lowest BCUT2D eigenvalue weighted by Gasteiger charge is -2.04. The van der Waals surface area contributed by atoms with Crippen molar-refractivity contribution in [1.29, 1.82) is 0 Å². The minimum Gasteiger partial charge on any atom is -0.361 e. The van der Waals surface area contributed by atoms with Crippen LogP contribution in [0.15, 0.2) is 40.0 Å². The first-order valence-corrected chi connectivity index (χ1v) is 7.86. The van der Waals surface area contributed by atoms with Crippen molar-refractivity contribution in [3.05, 3.63) is 47.6 Å². The zero-order chi connectivity index (χ0) is 15.1. The molecule has 0 saturated carbocycles. The fraction of sp³-hybridized carbons (Fsp3) is 0.200. The van der Waals surface area contributed by atoms with Gasteiger partial charge in [0.25, 0.3) is 0 Å². The molecule has 4 rings (SSSR count). The van der Waals surface area contributed by atoms with Gasteiger partial charge in [0.1, 0.15) is 11.6 Å². The molecule has 1 aromatic carbocycles. The van der Waals surface area contributed by atoms with Gasteiger partial charge in [0.05, 0.1) is 11.2 Å². The Morgan fingerprint density at radius 3 is 2.86 bits per heavy atom. The predicted molar refractivity (Wildman–Crippen MR) is 83.8 cm³/mol. The van der Waals surface area contributed by atoms with E-state index in [9.17, 15) is 0 Å². The second-order valence-electron chi connectivity index (χ2n) is 5.02. The average molecular weight is 311 g/mol. The second kappa shape index (κ2) is 5.10. The Bertz CT molecular complexity index is 975. The second-order valence-corrected chi connectivity index (χ2v) is 5.97. The normalized spacial score (nSPS) is 11.5. The van der Waals surface area contributed by atoms with Gasteiger partial charge >= 0.3 is 0 Å². The maximum Gasteiger partial charge on any atom is 0.191 e. The van der Waals surface area contributed by atoms with E-state index >= 15 is 0 Å². The highest BCUT2D eigenvalue weighted by molar-refractivity contribution is 7.98. The molecule has 7 heteroatoms. The maximum absolute atomic E-state index is 5.10. The molecule has 110 valence electrons. The Labute approximate surface area is 130 Å². The van der Waals surface area contributed by atoms with E-state index in [2.05, 4.69) is 15.2 Å². The van der Waals surface area contributed by atoms with Gasteiger partial charge in [-0.15, -0.1) is 5.10 Å². The lowest BCUT2D eigenvalue weighted by atomic mass is 10.2. The Hall–Kier alpha value is -2.41. The molecule has 0 saturated heterocycles. The van der Waals surface area contributed by atoms with E-state index in [-0.39, 0.29) is 0 Å². The molecule has 0 N–H and O–H groups in total. The van der Waals surface area contributed by atoms with Gasteiger partial charge in [-0.05, 0) is 26.0 Å². The van der Waals surface area contributed by atoms with Crippen LogP contribution >= 0.6 is 11.8 Å². The first kappa shape index (κ1) is 13.3. The van der Waals surface area contributed by atoms with Crippen LogP contribution in [0.3, 0.4) is 0 Å². The monoisotopic (exact) mass is 311 g/mol. The molecule has 0 radical (unpaired) electrons. The molecular weight excluding hydrogens is 298 g/mol. The van der Waals surface area contributed by atoms with Crippen molar-refractivity contribution in [3.63, 3.8) is 0 Å². The number of thioether (sulfide) groups is 1. The van der Waals surface area contributed by atoms with Gasteiger partial charge in [-0.25, -0.2) is 9.97 Å². The topological polar surface area (TPSA) is 69.1 Å². The number of benzene rings is 1. The molecule has 22 heavy (non-hydrogen) atoms. The summed E-state index contributed by atoms with van der Waals surface area (Å²) in [6.45, 7) is 3.77. The van der Waals surface area contributed by atoms with Crippen LogP contribution in [0, 0.1) is 13.8 Å². The van der Waals surface area contributed by atoms with E-state index in [4.69, 9.17) is 9.51 Å². The molecule has 0 unspecified atom stereocenters. The molecular formula is C15H13N5OS. The van der Waals surface area contributed by atoms with E-state index in [1.54, 1.807) is 16.3 Å². The summed E-state index contributed by atoms with van der Waals surface area (Å²) in [7, 11) is 0. The van der Waals surface area contributed by atoms with Crippen LogP contribution in [0.2, 0.25) is 0 Å². The Balaban J connectivity index is 1.80. The fourth-order valence-corrected chi connectivity index (χ4v) is 3.18. The summed E-state index contributed by atoms with van der Waals surface area (Å²) >= 11 is 1.57. The number of hydrogen-bond donors (Lipinski definition) is 0. The standard InChI is InChI=1S/C15H13N5OS/c1-9-7-11(19-21-9)8-22-15-17-13-6-4-3-5-12(13)14-16-10(2)18-20(14)15/h3-7H,8H2,1-2H3. The number of hydrogen-bond acceptors (Lipinski definition) is 6. The molecule has 0 aliphatic heterocycles. The summed E-state index contributed by atoms with van der Waals surface area (Å²) in [6.07, 6.45) is 0. The molecule has 0 aliphatic rings. The Kier molecular flexibility index (Phi) is 3.07. The predicted octanol–water partition coefficient (Wildman–Crippen LogP) is 3.17. The maximum atomic E-state index is 5.10. The highest BCUT2D eigenvalue weighted by Gasteiger charge is 2.13. The van der Waals surface area contributed by atoms with Crippen molar-refractivity contribution in [1.82, 2.24) is 24.7 Å². The molecule has 0 spiro atoms. The number of nitrogens with zero attached hydrogens (tertiary/aromatic N) is 5. The van der Waals surface area contributed by atoms with E-state index in [0.29, 0.717) is 5.75 Å². The van der Waals surface area contributed by atoms with Crippen LogP contribution in [-0.4, -0.2) is 24.7 Å². The van der Waals surface area contributed by atoms with Crippen LogP contribution < -0.4 is 0 Å². The van der Waals surface area contributed by atoms with Gasteiger partial charge < -0.3 is 4.52 Å². The van der Waals surface area contributed by atoms with Crippen molar-refractivity contribution in [2.24, 2.45) is 0 Å². The first-order chi connectivity index (χ1) is 10.7. The lowest BCUT2D eigenvalue weighted by molar-refractivity contribution is 0.393. The number of aromatic nitrogens is 5. The largest absolute Gasteiger partial charge is 0.361 e. The van der Waals surface area contributed by atoms with Gasteiger partial charge in [0.2, 0.25) is 0 Å². The minimum absolute atomic E-state index is 0.677. The smallest absolute Gasteiger partial charge is 0.191 e. The minimum atomic E-state index is 0.677. The van der Waals surface area contributed by atoms with Gasteiger partial charge in [0, 0.05) is 17.2 Å². The summed E-state index contributed by atoms with van der Waals surface area (Å²) in [5.41, 5.74) is 2.64. The molecule has 0 fully saturated rings. The zero-order valence-electron chi connectivity index (χ0n) is 12.1. The summed E-state index contributed by atoms with van der Waals surface area (Å²) in [6, 6.07) is 9.90.